The van der Waals surface area contributed by atoms with Gasteiger partial charge in [-0.25, -0.2) is 0 Å². The molecule has 56 valence electrons. The summed E-state index contributed by atoms with van der Waals surface area (Å²) in [4.78, 5) is 0. The average molecular weight is 205 g/mol. The molecule has 1 heterocycles. The summed E-state index contributed by atoms with van der Waals surface area (Å²) in [5.41, 5.74) is 0. The zero-order chi connectivity index (χ0) is 7.56. The zero-order valence-corrected chi connectivity index (χ0v) is 7.24. The fourth-order valence-electron chi connectivity index (χ4n) is 0.640. The molecule has 0 aliphatic heterocycles. The van der Waals surface area contributed by atoms with Gasteiger partial charge in [0.15, 0.2) is 0 Å². The van der Waals surface area contributed by atoms with Crippen molar-refractivity contribution in [2.75, 3.05) is 6.61 Å². The highest BCUT2D eigenvalue weighted by Crippen LogP contribution is 2.10. The van der Waals surface area contributed by atoms with Crippen LogP contribution in [0.1, 0.15) is 13.0 Å². The number of aliphatic hydroxyl groups is 1. The maximum Gasteiger partial charge on any atom is 0.0722 e. The lowest BCUT2D eigenvalue weighted by molar-refractivity contribution is 0.229. The number of halogens is 1. The summed E-state index contributed by atoms with van der Waals surface area (Å²) in [6, 6.07) is 0.0614. The van der Waals surface area contributed by atoms with E-state index in [1.807, 2.05) is 13.1 Å². The van der Waals surface area contributed by atoms with Crippen LogP contribution in [0.3, 0.4) is 0 Å². The molecule has 0 amide bonds. The third kappa shape index (κ3) is 1.58. The van der Waals surface area contributed by atoms with Gasteiger partial charge in [0.25, 0.3) is 0 Å². The molecule has 0 bridgehead atoms. The maximum absolute atomic E-state index is 8.72. The Bertz CT molecular complexity index is 211. The number of hydrogen-bond donors (Lipinski definition) is 1. The van der Waals surface area contributed by atoms with Crippen LogP contribution >= 0.6 is 15.9 Å². The van der Waals surface area contributed by atoms with E-state index in [0.717, 1.165) is 4.47 Å². The van der Waals surface area contributed by atoms with Crippen LogP contribution in [0.4, 0.5) is 0 Å². The van der Waals surface area contributed by atoms with Gasteiger partial charge in [0.05, 0.1) is 23.3 Å². The van der Waals surface area contributed by atoms with Gasteiger partial charge in [0.2, 0.25) is 0 Å². The van der Waals surface area contributed by atoms with Crippen LogP contribution in [0.25, 0.3) is 0 Å². The van der Waals surface area contributed by atoms with Crippen molar-refractivity contribution in [3.63, 3.8) is 0 Å². The molecule has 3 nitrogen and oxygen atoms in total. The highest BCUT2D eigenvalue weighted by molar-refractivity contribution is 9.10. The van der Waals surface area contributed by atoms with Crippen molar-refractivity contribution in [3.05, 3.63) is 16.9 Å². The minimum atomic E-state index is 0.0614. The summed E-state index contributed by atoms with van der Waals surface area (Å²) < 4.78 is 2.65. The minimum absolute atomic E-state index is 0.0614. The first kappa shape index (κ1) is 7.75. The van der Waals surface area contributed by atoms with E-state index < -0.39 is 0 Å². The summed E-state index contributed by atoms with van der Waals surface area (Å²) in [5.74, 6) is 0. The Kier molecular flexibility index (Phi) is 2.45. The van der Waals surface area contributed by atoms with E-state index in [1.54, 1.807) is 10.9 Å². The SMILES string of the molecule is C[C@H](CO)n1cc(Br)cn1. The molecule has 0 fully saturated rings. The molecule has 4 heteroatoms. The predicted molar refractivity (Wildman–Crippen MR) is 41.7 cm³/mol. The monoisotopic (exact) mass is 204 g/mol. The maximum atomic E-state index is 8.72. The third-order valence-electron chi connectivity index (χ3n) is 1.29. The van der Waals surface area contributed by atoms with Gasteiger partial charge in [-0.1, -0.05) is 0 Å². The van der Waals surface area contributed by atoms with Gasteiger partial charge >= 0.3 is 0 Å². The van der Waals surface area contributed by atoms with Gasteiger partial charge in [-0.3, -0.25) is 4.68 Å². The van der Waals surface area contributed by atoms with E-state index >= 15 is 0 Å². The smallest absolute Gasteiger partial charge is 0.0722 e. The van der Waals surface area contributed by atoms with Gasteiger partial charge in [0, 0.05) is 6.20 Å². The van der Waals surface area contributed by atoms with E-state index in [2.05, 4.69) is 21.0 Å². The molecule has 1 aromatic rings. The lowest BCUT2D eigenvalue weighted by Gasteiger charge is -2.06. The normalized spacial score (nSPS) is 13.5. The summed E-state index contributed by atoms with van der Waals surface area (Å²) in [6.45, 7) is 2.02. The zero-order valence-electron chi connectivity index (χ0n) is 5.66. The summed E-state index contributed by atoms with van der Waals surface area (Å²) in [6.07, 6.45) is 3.53. The first-order chi connectivity index (χ1) is 4.74. The molecule has 0 saturated heterocycles. The van der Waals surface area contributed by atoms with E-state index in [9.17, 15) is 0 Å². The van der Waals surface area contributed by atoms with Crippen LogP contribution in [0, 0.1) is 0 Å². The average Bonchev–Trinajstić information content (AvgIpc) is 2.34. The second-order valence-electron chi connectivity index (χ2n) is 2.17. The quantitative estimate of drug-likeness (QED) is 0.787. The Morgan fingerprint density at radius 1 is 1.90 bits per heavy atom. The number of aliphatic hydroxyl groups excluding tert-OH is 1. The molecule has 0 spiro atoms. The fourth-order valence-corrected chi connectivity index (χ4v) is 0.941. The molecule has 0 radical (unpaired) electrons. The number of aromatic nitrogens is 2. The van der Waals surface area contributed by atoms with Crippen LogP contribution < -0.4 is 0 Å². The number of nitrogens with zero attached hydrogens (tertiary/aromatic N) is 2. The molecule has 1 rings (SSSR count). The molecule has 1 N–H and O–H groups in total. The van der Waals surface area contributed by atoms with Gasteiger partial charge in [-0.05, 0) is 22.9 Å². The van der Waals surface area contributed by atoms with Crippen LogP contribution in [0.5, 0.6) is 0 Å². The van der Waals surface area contributed by atoms with Gasteiger partial charge < -0.3 is 5.11 Å². The first-order valence-electron chi connectivity index (χ1n) is 3.04. The standard InChI is InChI=1S/C6H9BrN2O/c1-5(4-10)9-3-6(7)2-8-9/h2-3,5,10H,4H2,1H3/t5-/m1/s1. The molecule has 0 aliphatic rings. The molecule has 1 aromatic heterocycles. The van der Waals surface area contributed by atoms with Crippen molar-refractivity contribution in [2.24, 2.45) is 0 Å². The molecule has 0 aromatic carbocycles. The van der Waals surface area contributed by atoms with Crippen LogP contribution in [0.15, 0.2) is 16.9 Å². The molecular formula is C6H9BrN2O. The van der Waals surface area contributed by atoms with Crippen LogP contribution in [0.2, 0.25) is 0 Å². The highest BCUT2D eigenvalue weighted by Gasteiger charge is 2.02. The van der Waals surface area contributed by atoms with E-state index in [0.29, 0.717) is 0 Å². The molecule has 0 saturated carbocycles. The molecule has 10 heavy (non-hydrogen) atoms. The number of rotatable bonds is 2. The lowest BCUT2D eigenvalue weighted by atomic mass is 10.4. The van der Waals surface area contributed by atoms with E-state index in [-0.39, 0.29) is 12.6 Å². The topological polar surface area (TPSA) is 38.0 Å². The Labute approximate surface area is 67.8 Å². The van der Waals surface area contributed by atoms with Gasteiger partial charge in [-0.2, -0.15) is 5.10 Å². The summed E-state index contributed by atoms with van der Waals surface area (Å²) >= 11 is 3.26. The Morgan fingerprint density at radius 3 is 3.00 bits per heavy atom. The fraction of sp³-hybridized carbons (Fsp3) is 0.500. The van der Waals surface area contributed by atoms with Crippen molar-refractivity contribution in [3.8, 4) is 0 Å². The number of hydrogen-bond acceptors (Lipinski definition) is 2. The van der Waals surface area contributed by atoms with Crippen LogP contribution in [-0.4, -0.2) is 21.5 Å². The van der Waals surface area contributed by atoms with Crippen LogP contribution in [-0.2, 0) is 0 Å². The predicted octanol–water partition coefficient (Wildman–Crippen LogP) is 1.20. The Morgan fingerprint density at radius 2 is 2.60 bits per heavy atom. The largest absolute Gasteiger partial charge is 0.394 e. The van der Waals surface area contributed by atoms with E-state index in [1.165, 1.54) is 0 Å². The minimum Gasteiger partial charge on any atom is -0.394 e. The summed E-state index contributed by atoms with van der Waals surface area (Å²) in [7, 11) is 0. The van der Waals surface area contributed by atoms with Crippen molar-refractivity contribution in [2.45, 2.75) is 13.0 Å². The second-order valence-corrected chi connectivity index (χ2v) is 3.09. The van der Waals surface area contributed by atoms with Gasteiger partial charge in [0.1, 0.15) is 0 Å². The first-order valence-corrected chi connectivity index (χ1v) is 3.84. The Hall–Kier alpha value is -0.350. The highest BCUT2D eigenvalue weighted by atomic mass is 79.9. The van der Waals surface area contributed by atoms with E-state index in [4.69, 9.17) is 5.11 Å². The summed E-state index contributed by atoms with van der Waals surface area (Å²) in [5, 5.41) is 12.7. The van der Waals surface area contributed by atoms with Crippen molar-refractivity contribution in [1.29, 1.82) is 0 Å². The van der Waals surface area contributed by atoms with Crippen molar-refractivity contribution < 1.29 is 5.11 Å². The molecular weight excluding hydrogens is 196 g/mol. The second kappa shape index (κ2) is 3.16. The molecule has 0 unspecified atom stereocenters. The molecule has 0 aliphatic carbocycles. The van der Waals surface area contributed by atoms with Crippen molar-refractivity contribution >= 4 is 15.9 Å². The van der Waals surface area contributed by atoms with Gasteiger partial charge in [-0.15, -0.1) is 0 Å². The Balaban J connectivity index is 2.74. The third-order valence-corrected chi connectivity index (χ3v) is 1.70. The van der Waals surface area contributed by atoms with Crippen molar-refractivity contribution in [1.82, 2.24) is 9.78 Å². The molecule has 1 atom stereocenters. The lowest BCUT2D eigenvalue weighted by Crippen LogP contribution is -2.09.